The number of ether oxygens (including phenoxy) is 2. The minimum Gasteiger partial charge on any atom is -0.458 e. The standard InChI is InChI=1S/C41H44O3S4/c1-8-10-30(43-31-13-15-35(16-14-31)48-38-12-9-11-32(29-38)44-39(42)41(5,6)7)25-27-45-33-17-21-36(22-18-33)47-37-23-19-34(20-24-37)46-28-26-40(2,3)4/h9-29H,8H2,1-7H3/b27-25+,28-26+,30-10-. The summed E-state index contributed by atoms with van der Waals surface area (Å²) < 4.78 is 11.8. The van der Waals surface area contributed by atoms with Crippen LogP contribution in [0.1, 0.15) is 54.9 Å². The van der Waals surface area contributed by atoms with Crippen LogP contribution < -0.4 is 9.47 Å². The first-order valence-corrected chi connectivity index (χ1v) is 19.3. The maximum atomic E-state index is 12.3. The Kier molecular flexibility index (Phi) is 14.1. The van der Waals surface area contributed by atoms with Gasteiger partial charge in [-0.15, -0.1) is 0 Å². The van der Waals surface area contributed by atoms with Crippen molar-refractivity contribution in [1.82, 2.24) is 0 Å². The van der Waals surface area contributed by atoms with E-state index in [1.54, 1.807) is 53.1 Å². The Morgan fingerprint density at radius 3 is 1.69 bits per heavy atom. The van der Waals surface area contributed by atoms with E-state index in [0.29, 0.717) is 5.75 Å². The van der Waals surface area contributed by atoms with Crippen LogP contribution in [0.5, 0.6) is 11.5 Å². The van der Waals surface area contributed by atoms with Crippen molar-refractivity contribution < 1.29 is 14.3 Å². The van der Waals surface area contributed by atoms with Crippen molar-refractivity contribution in [2.75, 3.05) is 0 Å². The number of hydrogen-bond acceptors (Lipinski definition) is 7. The Balaban J connectivity index is 1.27. The molecule has 0 saturated carbocycles. The predicted molar refractivity (Wildman–Crippen MR) is 208 cm³/mol. The summed E-state index contributed by atoms with van der Waals surface area (Å²) in [5, 5.41) is 4.24. The molecule has 0 aliphatic heterocycles. The van der Waals surface area contributed by atoms with Crippen LogP contribution in [0.4, 0.5) is 0 Å². The van der Waals surface area contributed by atoms with E-state index in [1.807, 2.05) is 69.3 Å². The van der Waals surface area contributed by atoms with Gasteiger partial charge in [0.25, 0.3) is 0 Å². The highest BCUT2D eigenvalue weighted by Gasteiger charge is 2.23. The van der Waals surface area contributed by atoms with E-state index in [0.717, 1.165) is 27.7 Å². The Morgan fingerprint density at radius 2 is 1.15 bits per heavy atom. The quantitative estimate of drug-likeness (QED) is 0.0449. The molecule has 0 aliphatic carbocycles. The zero-order chi connectivity index (χ0) is 34.6. The SMILES string of the molecule is CC/C=C(/C=C/Sc1ccc(Sc2ccc(S/C=C/C(C)(C)C)cc2)cc1)Oc1ccc(Sc2cccc(OC(=O)C(C)(C)C)c2)cc1. The van der Waals surface area contributed by atoms with Gasteiger partial charge in [0.15, 0.2) is 0 Å². The van der Waals surface area contributed by atoms with E-state index in [-0.39, 0.29) is 11.4 Å². The number of carbonyl (C=O) groups is 1. The van der Waals surface area contributed by atoms with Crippen molar-refractivity contribution in [2.45, 2.75) is 84.3 Å². The topological polar surface area (TPSA) is 35.5 Å². The molecule has 0 unspecified atom stereocenters. The number of allylic oxidation sites excluding steroid dienone is 3. The van der Waals surface area contributed by atoms with Gasteiger partial charge in [0, 0.05) is 29.4 Å². The number of thioether (sulfide) groups is 2. The highest BCUT2D eigenvalue weighted by atomic mass is 32.2. The van der Waals surface area contributed by atoms with Gasteiger partial charge >= 0.3 is 5.97 Å². The molecule has 0 fully saturated rings. The smallest absolute Gasteiger partial charge is 0.316 e. The molecule has 4 aromatic rings. The van der Waals surface area contributed by atoms with Crippen molar-refractivity contribution in [3.8, 4) is 11.5 Å². The fourth-order valence-electron chi connectivity index (χ4n) is 3.86. The summed E-state index contributed by atoms with van der Waals surface area (Å²) in [6.45, 7) is 14.3. The van der Waals surface area contributed by atoms with Gasteiger partial charge in [-0.25, -0.2) is 0 Å². The molecule has 0 radical (unpaired) electrons. The van der Waals surface area contributed by atoms with Crippen molar-refractivity contribution >= 4 is 53.0 Å². The molecule has 0 atom stereocenters. The predicted octanol–water partition coefficient (Wildman–Crippen LogP) is 13.6. The van der Waals surface area contributed by atoms with Crippen molar-refractivity contribution in [3.63, 3.8) is 0 Å². The summed E-state index contributed by atoms with van der Waals surface area (Å²) in [6, 6.07) is 33.0. The zero-order valence-electron chi connectivity index (χ0n) is 28.7. The van der Waals surface area contributed by atoms with Gasteiger partial charge in [-0.3, -0.25) is 4.79 Å². The Bertz CT molecular complexity index is 1710. The van der Waals surface area contributed by atoms with Gasteiger partial charge in [-0.1, -0.05) is 86.9 Å². The third kappa shape index (κ3) is 13.3. The van der Waals surface area contributed by atoms with Crippen molar-refractivity contribution in [2.24, 2.45) is 10.8 Å². The molecule has 0 saturated heterocycles. The molecule has 0 aliphatic rings. The van der Waals surface area contributed by atoms with Crippen LogP contribution in [0.25, 0.3) is 0 Å². The second kappa shape index (κ2) is 18.0. The normalized spacial score (nSPS) is 12.5. The van der Waals surface area contributed by atoms with Gasteiger partial charge in [-0.05, 0) is 147 Å². The molecule has 0 heterocycles. The lowest BCUT2D eigenvalue weighted by atomic mass is 9.97. The van der Waals surface area contributed by atoms with E-state index in [2.05, 4.69) is 99.2 Å². The number of carbonyl (C=O) groups excluding carboxylic acids is 1. The Labute approximate surface area is 304 Å². The molecule has 0 bridgehead atoms. The summed E-state index contributed by atoms with van der Waals surface area (Å²) >= 11 is 6.80. The van der Waals surface area contributed by atoms with Crippen LogP contribution in [0.15, 0.2) is 161 Å². The molecule has 250 valence electrons. The lowest BCUT2D eigenvalue weighted by Crippen LogP contribution is -2.25. The minimum atomic E-state index is -0.555. The number of benzene rings is 4. The first kappa shape index (κ1) is 37.6. The first-order chi connectivity index (χ1) is 22.9. The minimum absolute atomic E-state index is 0.196. The van der Waals surface area contributed by atoms with Crippen LogP contribution >= 0.6 is 47.0 Å². The van der Waals surface area contributed by atoms with E-state index in [9.17, 15) is 4.79 Å². The highest BCUT2D eigenvalue weighted by molar-refractivity contribution is 8.02. The summed E-state index contributed by atoms with van der Waals surface area (Å²) in [6.07, 6.45) is 7.20. The number of esters is 1. The van der Waals surface area contributed by atoms with Crippen LogP contribution in [0.2, 0.25) is 0 Å². The van der Waals surface area contributed by atoms with Gasteiger partial charge < -0.3 is 9.47 Å². The molecule has 0 spiro atoms. The second-order valence-electron chi connectivity index (χ2n) is 13.1. The third-order valence-corrected chi connectivity index (χ3v) is 10.1. The molecule has 4 aromatic carbocycles. The molecule has 4 rings (SSSR count). The Morgan fingerprint density at radius 1 is 0.625 bits per heavy atom. The molecular weight excluding hydrogens is 669 g/mol. The van der Waals surface area contributed by atoms with E-state index >= 15 is 0 Å². The average Bonchev–Trinajstić information content (AvgIpc) is 3.03. The van der Waals surface area contributed by atoms with Crippen LogP contribution in [-0.2, 0) is 4.79 Å². The molecule has 7 heteroatoms. The van der Waals surface area contributed by atoms with Gasteiger partial charge in [0.2, 0.25) is 0 Å². The van der Waals surface area contributed by atoms with Crippen LogP contribution in [-0.4, -0.2) is 5.97 Å². The van der Waals surface area contributed by atoms with E-state index < -0.39 is 5.41 Å². The first-order valence-electron chi connectivity index (χ1n) is 15.9. The highest BCUT2D eigenvalue weighted by Crippen LogP contribution is 2.34. The zero-order valence-corrected chi connectivity index (χ0v) is 32.0. The molecule has 0 amide bonds. The molecule has 0 aromatic heterocycles. The Hall–Kier alpha value is -3.23. The monoisotopic (exact) mass is 712 g/mol. The molecule has 48 heavy (non-hydrogen) atoms. The fourth-order valence-corrected chi connectivity index (χ4v) is 7.12. The van der Waals surface area contributed by atoms with Gasteiger partial charge in [0.05, 0.1) is 5.41 Å². The third-order valence-electron chi connectivity index (χ3n) is 6.42. The summed E-state index contributed by atoms with van der Waals surface area (Å²) in [4.78, 5) is 19.2. The largest absolute Gasteiger partial charge is 0.458 e. The van der Waals surface area contributed by atoms with Gasteiger partial charge in [0.1, 0.15) is 17.3 Å². The molecule has 3 nitrogen and oxygen atoms in total. The maximum absolute atomic E-state index is 12.3. The van der Waals surface area contributed by atoms with E-state index in [4.69, 9.17) is 9.47 Å². The van der Waals surface area contributed by atoms with Crippen LogP contribution in [0, 0.1) is 10.8 Å². The lowest BCUT2D eigenvalue weighted by molar-refractivity contribution is -0.143. The average molecular weight is 713 g/mol. The van der Waals surface area contributed by atoms with Gasteiger partial charge in [-0.2, -0.15) is 0 Å². The molecule has 0 N–H and O–H groups in total. The summed E-state index contributed by atoms with van der Waals surface area (Å²) in [7, 11) is 0. The lowest BCUT2D eigenvalue weighted by Gasteiger charge is -2.16. The van der Waals surface area contributed by atoms with Crippen molar-refractivity contribution in [1.29, 1.82) is 0 Å². The number of hydrogen-bond donors (Lipinski definition) is 0. The number of rotatable bonds is 13. The maximum Gasteiger partial charge on any atom is 0.316 e. The summed E-state index contributed by atoms with van der Waals surface area (Å²) in [5.74, 6) is 1.88. The van der Waals surface area contributed by atoms with E-state index in [1.165, 1.54) is 19.6 Å². The summed E-state index contributed by atoms with van der Waals surface area (Å²) in [5.41, 5.74) is -0.358. The second-order valence-corrected chi connectivity index (χ2v) is 17.3. The van der Waals surface area contributed by atoms with Crippen molar-refractivity contribution in [3.05, 3.63) is 132 Å². The molecular formula is C41H44O3S4. The fraction of sp³-hybridized carbons (Fsp3) is 0.244. The van der Waals surface area contributed by atoms with Crippen LogP contribution in [0.3, 0.4) is 0 Å².